The van der Waals surface area contributed by atoms with Gasteiger partial charge in [-0.25, -0.2) is 9.78 Å². The van der Waals surface area contributed by atoms with Crippen molar-refractivity contribution < 1.29 is 14.3 Å². The molecule has 0 bridgehead atoms. The largest absolute Gasteiger partial charge is 0.449 e. The molecule has 0 saturated carbocycles. The number of thiophene rings is 1. The van der Waals surface area contributed by atoms with Crippen molar-refractivity contribution in [3.05, 3.63) is 63.5 Å². The first kappa shape index (κ1) is 18.4. The van der Waals surface area contributed by atoms with E-state index in [-0.39, 0.29) is 0 Å². The zero-order chi connectivity index (χ0) is 19.7. The molecule has 0 aliphatic heterocycles. The Morgan fingerprint density at radius 2 is 2.04 bits per heavy atom. The number of nitrogens with two attached hydrogens (primary N) is 1. The van der Waals surface area contributed by atoms with Crippen molar-refractivity contribution in [1.82, 2.24) is 4.98 Å². The van der Waals surface area contributed by atoms with Gasteiger partial charge in [0.05, 0.1) is 16.8 Å². The third-order valence-corrected chi connectivity index (χ3v) is 5.74. The first-order valence-corrected chi connectivity index (χ1v) is 10.1. The summed E-state index contributed by atoms with van der Waals surface area (Å²) >= 11 is 1.67. The molecule has 142 valence electrons. The Kier molecular flexibility index (Phi) is 4.96. The van der Waals surface area contributed by atoms with Gasteiger partial charge in [0.15, 0.2) is 6.10 Å². The number of carbonyl (C=O) groups is 2. The van der Waals surface area contributed by atoms with Gasteiger partial charge in [-0.05, 0) is 60.9 Å². The van der Waals surface area contributed by atoms with E-state index in [9.17, 15) is 9.59 Å². The molecule has 1 amide bonds. The molecule has 5 nitrogen and oxygen atoms in total. The van der Waals surface area contributed by atoms with Crippen molar-refractivity contribution in [3.8, 4) is 0 Å². The molecule has 1 aliphatic rings. The van der Waals surface area contributed by atoms with Crippen LogP contribution in [0.3, 0.4) is 0 Å². The molecule has 1 aliphatic carbocycles. The van der Waals surface area contributed by atoms with Crippen molar-refractivity contribution in [2.75, 3.05) is 0 Å². The number of fused-ring (bicyclic) bond motifs is 2. The predicted molar refractivity (Wildman–Crippen MR) is 111 cm³/mol. The first-order chi connectivity index (χ1) is 13.5. The van der Waals surface area contributed by atoms with Crippen LogP contribution in [0, 0.1) is 0 Å². The summed E-state index contributed by atoms with van der Waals surface area (Å²) in [5.41, 5.74) is 9.35. The maximum atomic E-state index is 13.0. The van der Waals surface area contributed by atoms with E-state index in [4.69, 9.17) is 15.5 Å². The summed E-state index contributed by atoms with van der Waals surface area (Å²) in [6.07, 6.45) is 3.73. The third-order valence-electron chi connectivity index (χ3n) is 4.92. The molecular weight excluding hydrogens is 372 g/mol. The van der Waals surface area contributed by atoms with Crippen LogP contribution in [-0.2, 0) is 16.0 Å². The number of nitrogens with zero attached hydrogens (tertiary/aromatic N) is 1. The van der Waals surface area contributed by atoms with Crippen LogP contribution in [0.15, 0.2) is 41.8 Å². The molecule has 1 atom stereocenters. The number of amides is 1. The maximum Gasteiger partial charge on any atom is 0.339 e. The van der Waals surface area contributed by atoms with Crippen molar-refractivity contribution in [2.45, 2.75) is 32.3 Å². The van der Waals surface area contributed by atoms with Crippen molar-refractivity contribution in [3.63, 3.8) is 0 Å². The van der Waals surface area contributed by atoms with Crippen LogP contribution in [-0.4, -0.2) is 23.0 Å². The van der Waals surface area contributed by atoms with Gasteiger partial charge in [0.2, 0.25) is 0 Å². The molecule has 2 aromatic heterocycles. The summed E-state index contributed by atoms with van der Waals surface area (Å²) in [6, 6.07) is 11.6. The van der Waals surface area contributed by atoms with E-state index >= 15 is 0 Å². The summed E-state index contributed by atoms with van der Waals surface area (Å²) in [7, 11) is 0. The number of rotatable bonds is 4. The van der Waals surface area contributed by atoms with Crippen LogP contribution in [0.5, 0.6) is 0 Å². The van der Waals surface area contributed by atoms with Crippen molar-refractivity contribution in [1.29, 1.82) is 0 Å². The highest BCUT2D eigenvalue weighted by molar-refractivity contribution is 7.10. The zero-order valence-corrected chi connectivity index (χ0v) is 16.3. The van der Waals surface area contributed by atoms with Gasteiger partial charge in [0, 0.05) is 10.3 Å². The van der Waals surface area contributed by atoms with Crippen molar-refractivity contribution >= 4 is 45.8 Å². The summed E-state index contributed by atoms with van der Waals surface area (Å²) in [5, 5.41) is 2.78. The zero-order valence-electron chi connectivity index (χ0n) is 15.5. The van der Waals surface area contributed by atoms with E-state index in [1.54, 1.807) is 11.3 Å². The molecule has 2 heterocycles. The number of primary amides is 1. The minimum atomic E-state index is -0.986. The van der Waals surface area contributed by atoms with E-state index in [2.05, 4.69) is 12.1 Å². The Morgan fingerprint density at radius 3 is 2.79 bits per heavy atom. The molecule has 28 heavy (non-hydrogen) atoms. The lowest BCUT2D eigenvalue weighted by molar-refractivity contribution is -0.125. The maximum absolute atomic E-state index is 13.0. The highest BCUT2D eigenvalue weighted by Gasteiger charge is 2.27. The molecule has 0 saturated heterocycles. The summed E-state index contributed by atoms with van der Waals surface area (Å²) in [4.78, 5) is 30.4. The van der Waals surface area contributed by atoms with Gasteiger partial charge in [0.1, 0.15) is 0 Å². The fourth-order valence-electron chi connectivity index (χ4n) is 3.53. The fraction of sp³-hybridized carbons (Fsp3) is 0.227. The number of pyridine rings is 1. The quantitative estimate of drug-likeness (QED) is 0.675. The number of carbonyl (C=O) groups excluding carboxylic acids is 2. The Balaban J connectivity index is 1.89. The van der Waals surface area contributed by atoms with Crippen LogP contribution in [0.1, 0.15) is 46.3 Å². The van der Waals surface area contributed by atoms with Crippen LogP contribution in [0.4, 0.5) is 0 Å². The average molecular weight is 392 g/mol. The standard InChI is InChI=1S/C22H20N2O3S/c1-13(21(23)25)27-22(26)19-16-8-2-3-10-18(16)24-20-14(6-4-9-17(19)20)12-15-7-5-11-28-15/h2-3,5,7-8,10-13H,4,6,9H2,1H3,(H2,23,25)/b14-12+/t13-/m1/s1. The van der Waals surface area contributed by atoms with E-state index in [0.29, 0.717) is 5.56 Å². The molecule has 1 aromatic carbocycles. The van der Waals surface area contributed by atoms with Gasteiger partial charge in [0.25, 0.3) is 5.91 Å². The number of para-hydroxylation sites is 1. The van der Waals surface area contributed by atoms with E-state index in [1.807, 2.05) is 35.7 Å². The number of hydrogen-bond acceptors (Lipinski definition) is 5. The molecule has 0 fully saturated rings. The second-order valence-electron chi connectivity index (χ2n) is 6.82. The summed E-state index contributed by atoms with van der Waals surface area (Å²) < 4.78 is 5.35. The molecule has 2 N–H and O–H groups in total. The lowest BCUT2D eigenvalue weighted by Crippen LogP contribution is -2.31. The molecular formula is C22H20N2O3S. The Morgan fingerprint density at radius 1 is 1.21 bits per heavy atom. The Labute approximate surface area is 166 Å². The topological polar surface area (TPSA) is 82.3 Å². The molecule has 0 spiro atoms. The van der Waals surface area contributed by atoms with Crippen LogP contribution < -0.4 is 5.73 Å². The van der Waals surface area contributed by atoms with Gasteiger partial charge < -0.3 is 10.5 Å². The van der Waals surface area contributed by atoms with Crippen LogP contribution >= 0.6 is 11.3 Å². The molecule has 3 aromatic rings. The Hall–Kier alpha value is -2.99. The monoisotopic (exact) mass is 392 g/mol. The molecule has 6 heteroatoms. The number of ether oxygens (including phenoxy) is 1. The fourth-order valence-corrected chi connectivity index (χ4v) is 4.21. The minimum absolute atomic E-state index is 0.491. The lowest BCUT2D eigenvalue weighted by atomic mass is 9.86. The number of benzene rings is 1. The number of esters is 1. The summed E-state index contributed by atoms with van der Waals surface area (Å²) in [5.74, 6) is -1.20. The molecule has 0 radical (unpaired) electrons. The Bertz CT molecular complexity index is 1090. The van der Waals surface area contributed by atoms with Crippen LogP contribution in [0.25, 0.3) is 22.6 Å². The van der Waals surface area contributed by atoms with Gasteiger partial charge in [-0.1, -0.05) is 24.3 Å². The second kappa shape index (κ2) is 7.56. The SMILES string of the molecule is C[C@@H](OC(=O)c1c2c(nc3ccccc13)/C(=C/c1cccs1)CCC2)C(N)=O. The first-order valence-electron chi connectivity index (χ1n) is 9.21. The predicted octanol–water partition coefficient (Wildman–Crippen LogP) is 4.20. The smallest absolute Gasteiger partial charge is 0.339 e. The normalized spacial score (nSPS) is 16.0. The average Bonchev–Trinajstić information content (AvgIpc) is 3.19. The number of allylic oxidation sites excluding steroid dienone is 1. The number of aromatic nitrogens is 1. The second-order valence-corrected chi connectivity index (χ2v) is 7.80. The van der Waals surface area contributed by atoms with Gasteiger partial charge in [-0.3, -0.25) is 4.79 Å². The number of hydrogen-bond donors (Lipinski definition) is 1. The van der Waals surface area contributed by atoms with Gasteiger partial charge >= 0.3 is 5.97 Å². The van der Waals surface area contributed by atoms with E-state index in [0.717, 1.165) is 51.9 Å². The van der Waals surface area contributed by atoms with Crippen molar-refractivity contribution in [2.24, 2.45) is 5.73 Å². The third kappa shape index (κ3) is 3.43. The minimum Gasteiger partial charge on any atom is -0.449 e. The van der Waals surface area contributed by atoms with Gasteiger partial charge in [-0.2, -0.15) is 0 Å². The van der Waals surface area contributed by atoms with Crippen LogP contribution in [0.2, 0.25) is 0 Å². The van der Waals surface area contributed by atoms with E-state index in [1.165, 1.54) is 6.92 Å². The molecule has 0 unspecified atom stereocenters. The summed E-state index contributed by atoms with van der Waals surface area (Å²) in [6.45, 7) is 1.48. The highest BCUT2D eigenvalue weighted by Crippen LogP contribution is 2.36. The van der Waals surface area contributed by atoms with E-state index < -0.39 is 18.0 Å². The van der Waals surface area contributed by atoms with Gasteiger partial charge in [-0.15, -0.1) is 11.3 Å². The molecule has 4 rings (SSSR count). The highest BCUT2D eigenvalue weighted by atomic mass is 32.1. The lowest BCUT2D eigenvalue weighted by Gasteiger charge is -2.23.